The summed E-state index contributed by atoms with van der Waals surface area (Å²) in [5.74, 6) is -4.07. The third-order valence-corrected chi connectivity index (χ3v) is 8.12. The Morgan fingerprint density at radius 2 is 1.82 bits per heavy atom. The fraction of sp³-hybridized carbons (Fsp3) is 0.520. The highest BCUT2D eigenvalue weighted by Gasteiger charge is 2.40. The van der Waals surface area contributed by atoms with Crippen molar-refractivity contribution in [3.8, 4) is 5.75 Å². The number of hydrogen-bond donors (Lipinski definition) is 2. The van der Waals surface area contributed by atoms with Crippen LogP contribution in [0.4, 0.5) is 23.2 Å². The molecular formula is C25H30F4N2O6S. The Labute approximate surface area is 218 Å². The Morgan fingerprint density at radius 1 is 1.13 bits per heavy atom. The molecule has 13 heteroatoms. The molecule has 1 saturated heterocycles. The molecule has 0 saturated carbocycles. The summed E-state index contributed by atoms with van der Waals surface area (Å²) in [4.78, 5) is 9.99. The molecule has 0 bridgehead atoms. The van der Waals surface area contributed by atoms with Crippen LogP contribution >= 0.6 is 0 Å². The normalized spacial score (nSPS) is 21.7. The van der Waals surface area contributed by atoms with Crippen LogP contribution in [0.2, 0.25) is 0 Å². The number of sulfone groups is 1. The number of rotatable bonds is 8. The number of nitro groups is 1. The summed E-state index contributed by atoms with van der Waals surface area (Å²) >= 11 is 0. The van der Waals surface area contributed by atoms with Crippen molar-refractivity contribution >= 4 is 15.5 Å². The van der Waals surface area contributed by atoms with Crippen LogP contribution in [0.1, 0.15) is 37.5 Å². The molecule has 1 heterocycles. The minimum absolute atomic E-state index is 0.0388. The van der Waals surface area contributed by atoms with E-state index in [2.05, 4.69) is 30.8 Å². The Balaban J connectivity index is 1.81. The summed E-state index contributed by atoms with van der Waals surface area (Å²) in [5, 5.41) is 25.2. The van der Waals surface area contributed by atoms with Crippen molar-refractivity contribution in [2.45, 2.75) is 57.5 Å². The lowest BCUT2D eigenvalue weighted by Crippen LogP contribution is -2.54. The zero-order valence-electron chi connectivity index (χ0n) is 21.1. The number of aliphatic hydroxyl groups excluding tert-OH is 1. The molecule has 0 aromatic heterocycles. The fourth-order valence-corrected chi connectivity index (χ4v) is 6.41. The molecule has 210 valence electrons. The Hall–Kier alpha value is -2.77. The third kappa shape index (κ3) is 7.87. The topological polar surface area (TPSA) is 119 Å². The highest BCUT2D eigenvalue weighted by Crippen LogP contribution is 2.35. The lowest BCUT2D eigenvalue weighted by Gasteiger charge is -2.35. The number of benzene rings is 2. The van der Waals surface area contributed by atoms with Crippen molar-refractivity contribution in [3.63, 3.8) is 0 Å². The highest BCUT2D eigenvalue weighted by atomic mass is 32.2. The molecule has 2 aromatic carbocycles. The van der Waals surface area contributed by atoms with Crippen molar-refractivity contribution in [2.75, 3.05) is 18.1 Å². The molecule has 2 aromatic rings. The Bertz CT molecular complexity index is 1280. The van der Waals surface area contributed by atoms with Gasteiger partial charge in [0.1, 0.15) is 0 Å². The Morgan fingerprint density at radius 3 is 2.42 bits per heavy atom. The average molecular weight is 563 g/mol. The first-order valence-corrected chi connectivity index (χ1v) is 13.6. The molecule has 0 amide bonds. The standard InChI is InChI=1S/C25H30F4N2O6S/c1-24(2,3)18-6-4-5-15(8-18)11-30-20-13-38(35,36)12-17(23(20)32)7-16-9-19(26)22(31(33)34)21(10-16)37-14-25(27,28)29/h4-6,8-10,17,20,23,30,32H,7,11-14H2,1-3H3/t17-,20+,23+/m1/s1. The SMILES string of the molecule is CC(C)(C)c1cccc(CN[C@H]2CS(=O)(=O)C[C@@H](Cc3cc(F)c([N+](=O)[O-])c(OCC(F)(F)F)c3)[C@@H]2O)c1. The van der Waals surface area contributed by atoms with Crippen LogP contribution in [0.3, 0.4) is 0 Å². The molecule has 3 rings (SSSR count). The number of nitro benzene ring substituents is 1. The number of nitrogens with one attached hydrogen (secondary N) is 1. The second-order valence-corrected chi connectivity index (χ2v) is 12.7. The quantitative estimate of drug-likeness (QED) is 0.283. The molecular weight excluding hydrogens is 532 g/mol. The van der Waals surface area contributed by atoms with Gasteiger partial charge in [0.2, 0.25) is 11.6 Å². The van der Waals surface area contributed by atoms with E-state index in [0.717, 1.165) is 23.3 Å². The first-order valence-electron chi connectivity index (χ1n) is 11.8. The van der Waals surface area contributed by atoms with Crippen molar-refractivity contribution in [1.29, 1.82) is 0 Å². The summed E-state index contributed by atoms with van der Waals surface area (Å²) in [6.45, 7) is 4.57. The zero-order valence-corrected chi connectivity index (χ0v) is 21.9. The number of nitrogens with zero attached hydrogens (tertiary/aromatic N) is 1. The van der Waals surface area contributed by atoms with E-state index in [1.807, 2.05) is 24.3 Å². The van der Waals surface area contributed by atoms with Gasteiger partial charge in [0.25, 0.3) is 0 Å². The summed E-state index contributed by atoms with van der Waals surface area (Å²) in [5.41, 5.74) is 0.565. The monoisotopic (exact) mass is 562 g/mol. The molecule has 1 aliphatic rings. The van der Waals surface area contributed by atoms with Crippen molar-refractivity contribution < 1.29 is 40.7 Å². The van der Waals surface area contributed by atoms with Gasteiger partial charge >= 0.3 is 11.9 Å². The van der Waals surface area contributed by atoms with Gasteiger partial charge in [-0.2, -0.15) is 17.6 Å². The highest BCUT2D eigenvalue weighted by molar-refractivity contribution is 7.91. The molecule has 8 nitrogen and oxygen atoms in total. The van der Waals surface area contributed by atoms with E-state index in [0.29, 0.717) is 0 Å². The second kappa shape index (κ2) is 11.1. The summed E-state index contributed by atoms with van der Waals surface area (Å²) in [7, 11) is -3.65. The van der Waals surface area contributed by atoms with E-state index in [1.165, 1.54) is 0 Å². The molecule has 1 aliphatic heterocycles. The second-order valence-electron chi connectivity index (χ2n) is 10.6. The van der Waals surface area contributed by atoms with Gasteiger partial charge in [-0.3, -0.25) is 10.1 Å². The van der Waals surface area contributed by atoms with E-state index in [4.69, 9.17) is 0 Å². The first-order chi connectivity index (χ1) is 17.4. The zero-order chi connectivity index (χ0) is 28.5. The minimum Gasteiger partial charge on any atom is -0.477 e. The van der Waals surface area contributed by atoms with Gasteiger partial charge in [0.05, 0.1) is 22.5 Å². The molecule has 0 radical (unpaired) electrons. The Kier molecular flexibility index (Phi) is 8.74. The smallest absolute Gasteiger partial charge is 0.422 e. The van der Waals surface area contributed by atoms with E-state index in [1.54, 1.807) is 0 Å². The summed E-state index contributed by atoms with van der Waals surface area (Å²) in [6.07, 6.45) is -6.27. The van der Waals surface area contributed by atoms with Crippen molar-refractivity contribution in [3.05, 3.63) is 69.0 Å². The van der Waals surface area contributed by atoms with Crippen LogP contribution in [0, 0.1) is 21.8 Å². The van der Waals surface area contributed by atoms with Crippen LogP contribution in [0.5, 0.6) is 5.75 Å². The van der Waals surface area contributed by atoms with Gasteiger partial charge in [0, 0.05) is 18.5 Å². The predicted molar refractivity (Wildman–Crippen MR) is 132 cm³/mol. The van der Waals surface area contributed by atoms with E-state index < -0.39 is 68.6 Å². The van der Waals surface area contributed by atoms with Crippen molar-refractivity contribution in [2.24, 2.45) is 5.92 Å². The molecule has 2 N–H and O–H groups in total. The van der Waals surface area contributed by atoms with E-state index in [9.17, 15) is 41.2 Å². The van der Waals surface area contributed by atoms with Crippen LogP contribution in [0.25, 0.3) is 0 Å². The summed E-state index contributed by atoms with van der Waals surface area (Å²) < 4.78 is 82.1. The maximum Gasteiger partial charge on any atom is 0.422 e. The number of halogens is 4. The van der Waals surface area contributed by atoms with Gasteiger partial charge < -0.3 is 15.2 Å². The molecule has 0 unspecified atom stereocenters. The predicted octanol–water partition coefficient (Wildman–Crippen LogP) is 4.08. The van der Waals surface area contributed by atoms with Gasteiger partial charge in [-0.05, 0) is 40.7 Å². The van der Waals surface area contributed by atoms with E-state index in [-0.39, 0.29) is 29.7 Å². The average Bonchev–Trinajstić information content (AvgIpc) is 2.77. The van der Waals surface area contributed by atoms with Gasteiger partial charge in [-0.1, -0.05) is 45.0 Å². The largest absolute Gasteiger partial charge is 0.477 e. The van der Waals surface area contributed by atoms with Crippen LogP contribution in [-0.4, -0.2) is 54.9 Å². The van der Waals surface area contributed by atoms with Gasteiger partial charge in [0.15, 0.2) is 16.4 Å². The molecule has 1 fully saturated rings. The maximum absolute atomic E-state index is 14.5. The number of alkyl halides is 3. The lowest BCUT2D eigenvalue weighted by molar-refractivity contribution is -0.388. The van der Waals surface area contributed by atoms with Crippen LogP contribution < -0.4 is 10.1 Å². The number of ether oxygens (including phenoxy) is 1. The van der Waals surface area contributed by atoms with Gasteiger partial charge in [-0.15, -0.1) is 0 Å². The molecule has 3 atom stereocenters. The molecule has 0 spiro atoms. The number of hydrogen-bond acceptors (Lipinski definition) is 7. The first kappa shape index (κ1) is 29.8. The lowest BCUT2D eigenvalue weighted by atomic mass is 9.86. The molecule has 38 heavy (non-hydrogen) atoms. The minimum atomic E-state index is -4.82. The van der Waals surface area contributed by atoms with Crippen LogP contribution in [0.15, 0.2) is 36.4 Å². The van der Waals surface area contributed by atoms with E-state index >= 15 is 0 Å². The van der Waals surface area contributed by atoms with Crippen LogP contribution in [-0.2, 0) is 28.2 Å². The maximum atomic E-state index is 14.5. The third-order valence-electron chi connectivity index (χ3n) is 6.32. The van der Waals surface area contributed by atoms with Crippen molar-refractivity contribution in [1.82, 2.24) is 5.32 Å². The fourth-order valence-electron chi connectivity index (χ4n) is 4.44. The summed E-state index contributed by atoms with van der Waals surface area (Å²) in [6, 6.07) is 8.47. The van der Waals surface area contributed by atoms with Gasteiger partial charge in [-0.25, -0.2) is 8.42 Å². The number of aliphatic hydroxyl groups is 1. The molecule has 0 aliphatic carbocycles.